The zero-order valence-corrected chi connectivity index (χ0v) is 7.14. The van der Waals surface area contributed by atoms with Crippen LogP contribution in [0.2, 0.25) is 5.02 Å². The Labute approximate surface area is 73.6 Å². The Hall–Kier alpha value is -1.09. The number of rotatable bonds is 0. The average Bonchev–Trinajstić information content (AvgIpc) is 2.30. The number of nitrogens with zero attached hydrogens (tertiary/aromatic N) is 2. The number of aromatic nitrogens is 2. The zero-order valence-electron chi connectivity index (χ0n) is 6.38. The molecule has 1 aromatic carbocycles. The van der Waals surface area contributed by atoms with Gasteiger partial charge in [0.2, 0.25) is 0 Å². The van der Waals surface area contributed by atoms with Gasteiger partial charge in [0.15, 0.2) is 0 Å². The van der Waals surface area contributed by atoms with Crippen molar-refractivity contribution < 1.29 is 4.39 Å². The van der Waals surface area contributed by atoms with Crippen LogP contribution in [-0.2, 0) is 7.05 Å². The lowest BCUT2D eigenvalue weighted by atomic mass is 10.2. The van der Waals surface area contributed by atoms with E-state index < -0.39 is 5.82 Å². The molecule has 0 aliphatic rings. The molecule has 1 heterocycles. The van der Waals surface area contributed by atoms with Crippen LogP contribution < -0.4 is 0 Å². The predicted octanol–water partition coefficient (Wildman–Crippen LogP) is 2.37. The van der Waals surface area contributed by atoms with Gasteiger partial charge in [-0.3, -0.25) is 4.68 Å². The molecule has 0 bridgehead atoms. The van der Waals surface area contributed by atoms with Gasteiger partial charge in [-0.2, -0.15) is 5.10 Å². The van der Waals surface area contributed by atoms with E-state index in [9.17, 15) is 4.39 Å². The van der Waals surface area contributed by atoms with Crippen LogP contribution in [0, 0.1) is 5.82 Å². The summed E-state index contributed by atoms with van der Waals surface area (Å²) in [6.07, 6.45) is 1.79. The van der Waals surface area contributed by atoms with Crippen molar-refractivity contribution in [2.45, 2.75) is 0 Å². The predicted molar refractivity (Wildman–Crippen MR) is 45.7 cm³/mol. The third-order valence-electron chi connectivity index (χ3n) is 1.66. The van der Waals surface area contributed by atoms with E-state index >= 15 is 0 Å². The Bertz CT molecular complexity index is 397. The van der Waals surface area contributed by atoms with Gasteiger partial charge in [0, 0.05) is 24.7 Å². The van der Waals surface area contributed by atoms with Gasteiger partial charge in [0.1, 0.15) is 5.82 Å². The first-order chi connectivity index (χ1) is 5.66. The molecule has 0 fully saturated rings. The standard InChI is InChI=1S/C8H6ClFN2/c1-12-4-5-2-6(9)7(10)3-8(5)11-12/h2-4H,1H3. The Balaban J connectivity index is 2.83. The van der Waals surface area contributed by atoms with Crippen molar-refractivity contribution in [3.63, 3.8) is 0 Å². The highest BCUT2D eigenvalue weighted by molar-refractivity contribution is 6.31. The number of aryl methyl sites for hydroxylation is 1. The van der Waals surface area contributed by atoms with Gasteiger partial charge in [0.25, 0.3) is 0 Å². The fourth-order valence-electron chi connectivity index (χ4n) is 1.14. The van der Waals surface area contributed by atoms with Gasteiger partial charge in [-0.05, 0) is 6.07 Å². The topological polar surface area (TPSA) is 17.8 Å². The van der Waals surface area contributed by atoms with E-state index in [1.807, 2.05) is 0 Å². The summed E-state index contributed by atoms with van der Waals surface area (Å²) in [7, 11) is 1.78. The summed E-state index contributed by atoms with van der Waals surface area (Å²) in [5.74, 6) is -0.428. The summed E-state index contributed by atoms with van der Waals surface area (Å²) in [6.45, 7) is 0. The van der Waals surface area contributed by atoms with Crippen molar-refractivity contribution in [2.24, 2.45) is 7.05 Å². The molecule has 0 radical (unpaired) electrons. The van der Waals surface area contributed by atoms with Crippen molar-refractivity contribution in [1.29, 1.82) is 0 Å². The smallest absolute Gasteiger partial charge is 0.144 e. The van der Waals surface area contributed by atoms with Crippen LogP contribution in [0.1, 0.15) is 0 Å². The molecule has 0 saturated heterocycles. The molecule has 2 nitrogen and oxygen atoms in total. The van der Waals surface area contributed by atoms with E-state index in [4.69, 9.17) is 11.6 Å². The fourth-order valence-corrected chi connectivity index (χ4v) is 1.31. The van der Waals surface area contributed by atoms with Crippen molar-refractivity contribution in [2.75, 3.05) is 0 Å². The van der Waals surface area contributed by atoms with Gasteiger partial charge in [0.05, 0.1) is 10.5 Å². The molecule has 0 aliphatic carbocycles. The normalized spacial score (nSPS) is 10.9. The molecule has 0 atom stereocenters. The van der Waals surface area contributed by atoms with Crippen LogP contribution >= 0.6 is 11.6 Å². The number of fused-ring (bicyclic) bond motifs is 1. The Morgan fingerprint density at radius 2 is 2.25 bits per heavy atom. The van der Waals surface area contributed by atoms with E-state index in [1.165, 1.54) is 6.07 Å². The van der Waals surface area contributed by atoms with Crippen LogP contribution in [0.5, 0.6) is 0 Å². The molecule has 2 aromatic rings. The lowest BCUT2D eigenvalue weighted by Gasteiger charge is -1.91. The van der Waals surface area contributed by atoms with Crippen LogP contribution in [0.4, 0.5) is 4.39 Å². The Morgan fingerprint density at radius 1 is 1.50 bits per heavy atom. The molecular formula is C8H6ClFN2. The van der Waals surface area contributed by atoms with Crippen molar-refractivity contribution >= 4 is 22.5 Å². The van der Waals surface area contributed by atoms with Crippen LogP contribution in [0.3, 0.4) is 0 Å². The van der Waals surface area contributed by atoms with Crippen LogP contribution in [0.15, 0.2) is 18.3 Å². The second kappa shape index (κ2) is 2.45. The first-order valence-electron chi connectivity index (χ1n) is 3.45. The van der Waals surface area contributed by atoms with E-state index in [2.05, 4.69) is 5.10 Å². The maximum Gasteiger partial charge on any atom is 0.144 e. The van der Waals surface area contributed by atoms with Crippen molar-refractivity contribution in [1.82, 2.24) is 9.78 Å². The molecule has 0 spiro atoms. The summed E-state index contributed by atoms with van der Waals surface area (Å²) >= 11 is 5.58. The molecule has 12 heavy (non-hydrogen) atoms. The number of benzene rings is 1. The van der Waals surface area contributed by atoms with Gasteiger partial charge >= 0.3 is 0 Å². The second-order valence-electron chi connectivity index (χ2n) is 2.63. The number of halogens is 2. The molecular weight excluding hydrogens is 179 g/mol. The number of hydrogen-bond donors (Lipinski definition) is 0. The summed E-state index contributed by atoms with van der Waals surface area (Å²) in [5, 5.41) is 5.02. The van der Waals surface area contributed by atoms with Gasteiger partial charge in [-0.1, -0.05) is 11.6 Å². The molecule has 1 aromatic heterocycles. The highest BCUT2D eigenvalue weighted by atomic mass is 35.5. The molecule has 62 valence electrons. The number of hydrogen-bond acceptors (Lipinski definition) is 1. The first-order valence-corrected chi connectivity index (χ1v) is 3.83. The maximum absolute atomic E-state index is 12.9. The van der Waals surface area contributed by atoms with Gasteiger partial charge < -0.3 is 0 Å². The quantitative estimate of drug-likeness (QED) is 0.615. The minimum Gasteiger partial charge on any atom is -0.275 e. The fraction of sp³-hybridized carbons (Fsp3) is 0.125. The zero-order chi connectivity index (χ0) is 8.72. The Morgan fingerprint density at radius 3 is 3.00 bits per heavy atom. The summed E-state index contributed by atoms with van der Waals surface area (Å²) in [4.78, 5) is 0. The molecule has 0 amide bonds. The lowest BCUT2D eigenvalue weighted by molar-refractivity contribution is 0.629. The van der Waals surface area contributed by atoms with E-state index in [1.54, 1.807) is 24.0 Å². The molecule has 0 unspecified atom stereocenters. The van der Waals surface area contributed by atoms with Crippen LogP contribution in [0.25, 0.3) is 10.9 Å². The molecule has 0 N–H and O–H groups in total. The summed E-state index contributed by atoms with van der Waals surface area (Å²) in [6, 6.07) is 2.90. The minimum atomic E-state index is -0.428. The van der Waals surface area contributed by atoms with Crippen molar-refractivity contribution in [3.8, 4) is 0 Å². The van der Waals surface area contributed by atoms with Crippen LogP contribution in [-0.4, -0.2) is 9.78 Å². The maximum atomic E-state index is 12.9. The largest absolute Gasteiger partial charge is 0.275 e. The lowest BCUT2D eigenvalue weighted by Crippen LogP contribution is -1.84. The molecule has 0 aliphatic heterocycles. The summed E-state index contributed by atoms with van der Waals surface area (Å²) < 4.78 is 14.5. The van der Waals surface area contributed by atoms with E-state index in [0.29, 0.717) is 5.52 Å². The van der Waals surface area contributed by atoms with E-state index in [0.717, 1.165) is 5.39 Å². The second-order valence-corrected chi connectivity index (χ2v) is 3.04. The van der Waals surface area contributed by atoms with Crippen molar-refractivity contribution in [3.05, 3.63) is 29.2 Å². The molecule has 4 heteroatoms. The monoisotopic (exact) mass is 184 g/mol. The van der Waals surface area contributed by atoms with Gasteiger partial charge in [-0.15, -0.1) is 0 Å². The molecule has 0 saturated carbocycles. The average molecular weight is 185 g/mol. The summed E-state index contributed by atoms with van der Waals surface area (Å²) in [5.41, 5.74) is 0.624. The highest BCUT2D eigenvalue weighted by Gasteiger charge is 2.04. The highest BCUT2D eigenvalue weighted by Crippen LogP contribution is 2.21. The van der Waals surface area contributed by atoms with Gasteiger partial charge in [-0.25, -0.2) is 4.39 Å². The van der Waals surface area contributed by atoms with E-state index in [-0.39, 0.29) is 5.02 Å². The molecule has 2 rings (SSSR count). The Kier molecular flexibility index (Phi) is 1.54. The minimum absolute atomic E-state index is 0.135. The SMILES string of the molecule is Cn1cc2cc(Cl)c(F)cc2n1. The third-order valence-corrected chi connectivity index (χ3v) is 1.95. The first kappa shape index (κ1) is 7.55. The third kappa shape index (κ3) is 1.06.